The van der Waals surface area contributed by atoms with Crippen LogP contribution in [0, 0.1) is 0 Å². The third-order valence-electron chi connectivity index (χ3n) is 1.37. The van der Waals surface area contributed by atoms with Gasteiger partial charge >= 0.3 is 0 Å². The molecule has 5 heteroatoms. The first-order valence-corrected chi connectivity index (χ1v) is 2.97. The summed E-state index contributed by atoms with van der Waals surface area (Å²) < 4.78 is 23.8. The minimum absolute atomic E-state index is 0.0787. The largest absolute Gasteiger partial charge is 0.363 e. The van der Waals surface area contributed by atoms with Crippen LogP contribution in [0.5, 0.6) is 0 Å². The van der Waals surface area contributed by atoms with Crippen molar-refractivity contribution in [2.75, 3.05) is 0 Å². The summed E-state index contributed by atoms with van der Waals surface area (Å²) in [4.78, 5) is 0. The molecule has 2 unspecified atom stereocenters. The van der Waals surface area contributed by atoms with Crippen molar-refractivity contribution in [3.8, 4) is 0 Å². The van der Waals surface area contributed by atoms with Crippen LogP contribution < -0.4 is 0 Å². The quantitative estimate of drug-likeness (QED) is 0.599. The van der Waals surface area contributed by atoms with Gasteiger partial charge in [0.2, 0.25) is 5.72 Å². The Morgan fingerprint density at radius 2 is 2.30 bits per heavy atom. The van der Waals surface area contributed by atoms with Gasteiger partial charge in [-0.3, -0.25) is 0 Å². The Kier molecular flexibility index (Phi) is 1.68. The average molecular weight is 150 g/mol. The fraction of sp³-hybridized carbons (Fsp3) is 1.00. The van der Waals surface area contributed by atoms with Crippen molar-refractivity contribution < 1.29 is 13.9 Å². The molecule has 1 rings (SSSR count). The van der Waals surface area contributed by atoms with E-state index in [2.05, 4.69) is 10.2 Å². The molecule has 0 aliphatic carbocycles. The molecule has 0 fully saturated rings. The standard InChI is InChI=1S/C5H8F2N2O/c1-3-2-5(10,4(6)7)9-8-3/h3-4,10H,2H2,1H3. The van der Waals surface area contributed by atoms with Crippen LogP contribution in [0.25, 0.3) is 0 Å². The molecule has 1 heterocycles. The average Bonchev–Trinajstić information content (AvgIpc) is 2.13. The monoisotopic (exact) mass is 150 g/mol. The number of nitrogens with zero attached hydrogens (tertiary/aromatic N) is 2. The lowest BCUT2D eigenvalue weighted by Gasteiger charge is -2.15. The maximum absolute atomic E-state index is 11.9. The van der Waals surface area contributed by atoms with E-state index in [0.717, 1.165) is 0 Å². The highest BCUT2D eigenvalue weighted by Gasteiger charge is 2.43. The van der Waals surface area contributed by atoms with Gasteiger partial charge in [0.25, 0.3) is 6.43 Å². The molecule has 0 amide bonds. The van der Waals surface area contributed by atoms with E-state index in [1.165, 1.54) is 0 Å². The van der Waals surface area contributed by atoms with Gasteiger partial charge in [-0.1, -0.05) is 0 Å². The van der Waals surface area contributed by atoms with Crippen molar-refractivity contribution in [3.63, 3.8) is 0 Å². The summed E-state index contributed by atoms with van der Waals surface area (Å²) in [5.41, 5.74) is -2.21. The molecular formula is C5H8F2N2O. The summed E-state index contributed by atoms with van der Waals surface area (Å²) in [7, 11) is 0. The number of aliphatic hydroxyl groups is 1. The summed E-state index contributed by atoms with van der Waals surface area (Å²) >= 11 is 0. The highest BCUT2D eigenvalue weighted by atomic mass is 19.3. The Morgan fingerprint density at radius 1 is 1.70 bits per heavy atom. The summed E-state index contributed by atoms with van der Waals surface area (Å²) in [5, 5.41) is 15.4. The van der Waals surface area contributed by atoms with E-state index in [1.54, 1.807) is 6.92 Å². The predicted octanol–water partition coefficient (Wildman–Crippen LogP) is 1.18. The molecular weight excluding hydrogens is 142 g/mol. The third kappa shape index (κ3) is 1.13. The van der Waals surface area contributed by atoms with Gasteiger partial charge < -0.3 is 5.11 Å². The van der Waals surface area contributed by atoms with Crippen LogP contribution in [-0.2, 0) is 0 Å². The molecule has 0 aromatic heterocycles. The first kappa shape index (κ1) is 7.53. The van der Waals surface area contributed by atoms with Gasteiger partial charge in [0.05, 0.1) is 6.04 Å². The van der Waals surface area contributed by atoms with E-state index in [0.29, 0.717) is 0 Å². The van der Waals surface area contributed by atoms with E-state index in [9.17, 15) is 8.78 Å². The third-order valence-corrected chi connectivity index (χ3v) is 1.37. The molecule has 3 nitrogen and oxygen atoms in total. The normalized spacial score (nSPS) is 39.5. The van der Waals surface area contributed by atoms with Crippen molar-refractivity contribution >= 4 is 0 Å². The summed E-state index contributed by atoms with van der Waals surface area (Å²) in [6.45, 7) is 1.63. The fourth-order valence-electron chi connectivity index (χ4n) is 0.848. The van der Waals surface area contributed by atoms with E-state index < -0.39 is 12.2 Å². The highest BCUT2D eigenvalue weighted by molar-refractivity contribution is 4.86. The number of hydrogen-bond donors (Lipinski definition) is 1. The second-order valence-electron chi connectivity index (χ2n) is 2.45. The number of hydrogen-bond acceptors (Lipinski definition) is 3. The molecule has 1 N–H and O–H groups in total. The van der Waals surface area contributed by atoms with Crippen LogP contribution in [-0.4, -0.2) is 23.3 Å². The topological polar surface area (TPSA) is 45.0 Å². The van der Waals surface area contributed by atoms with Crippen molar-refractivity contribution in [1.29, 1.82) is 0 Å². The van der Waals surface area contributed by atoms with E-state index in [-0.39, 0.29) is 12.5 Å². The second-order valence-corrected chi connectivity index (χ2v) is 2.45. The van der Waals surface area contributed by atoms with Crippen LogP contribution >= 0.6 is 0 Å². The molecule has 0 bridgehead atoms. The number of rotatable bonds is 1. The van der Waals surface area contributed by atoms with Gasteiger partial charge in [-0.05, 0) is 6.92 Å². The fourth-order valence-corrected chi connectivity index (χ4v) is 0.848. The lowest BCUT2D eigenvalue weighted by molar-refractivity contribution is -0.0895. The summed E-state index contributed by atoms with van der Waals surface area (Å²) in [6.07, 6.45) is -2.91. The Labute approximate surface area is 56.8 Å². The van der Waals surface area contributed by atoms with Gasteiger partial charge in [-0.2, -0.15) is 10.2 Å². The maximum Gasteiger partial charge on any atom is 0.288 e. The predicted molar refractivity (Wildman–Crippen MR) is 29.9 cm³/mol. The van der Waals surface area contributed by atoms with E-state index in [4.69, 9.17) is 5.11 Å². The maximum atomic E-state index is 11.9. The van der Waals surface area contributed by atoms with Gasteiger partial charge in [0, 0.05) is 6.42 Å². The number of alkyl halides is 2. The summed E-state index contributed by atoms with van der Waals surface area (Å²) in [6, 6.07) is -0.293. The van der Waals surface area contributed by atoms with Crippen molar-refractivity contribution in [1.82, 2.24) is 0 Å². The van der Waals surface area contributed by atoms with Gasteiger partial charge in [-0.15, -0.1) is 0 Å². The van der Waals surface area contributed by atoms with Crippen LogP contribution in [0.2, 0.25) is 0 Å². The lowest BCUT2D eigenvalue weighted by atomic mass is 10.1. The SMILES string of the molecule is CC1CC(O)(C(F)F)N=N1. The van der Waals surface area contributed by atoms with Crippen LogP contribution in [0.1, 0.15) is 13.3 Å². The zero-order valence-corrected chi connectivity index (χ0v) is 5.46. The Morgan fingerprint density at radius 3 is 2.50 bits per heavy atom. The van der Waals surface area contributed by atoms with Crippen molar-refractivity contribution in [2.45, 2.75) is 31.5 Å². The first-order valence-electron chi connectivity index (χ1n) is 2.97. The zero-order valence-electron chi connectivity index (χ0n) is 5.46. The Bertz CT molecular complexity index is 162. The number of halogens is 2. The van der Waals surface area contributed by atoms with Gasteiger partial charge in [0.1, 0.15) is 0 Å². The highest BCUT2D eigenvalue weighted by Crippen LogP contribution is 2.30. The molecule has 0 saturated heterocycles. The molecule has 1 aliphatic heterocycles. The number of azo groups is 1. The molecule has 10 heavy (non-hydrogen) atoms. The molecule has 0 spiro atoms. The molecule has 2 atom stereocenters. The molecule has 0 radical (unpaired) electrons. The minimum atomic E-state index is -2.83. The van der Waals surface area contributed by atoms with Crippen LogP contribution in [0.3, 0.4) is 0 Å². The van der Waals surface area contributed by atoms with Crippen molar-refractivity contribution in [2.24, 2.45) is 10.2 Å². The van der Waals surface area contributed by atoms with E-state index in [1.807, 2.05) is 0 Å². The summed E-state index contributed by atoms with van der Waals surface area (Å²) in [5.74, 6) is 0. The Balaban J connectivity index is 2.65. The molecule has 0 saturated carbocycles. The van der Waals surface area contributed by atoms with Crippen LogP contribution in [0.15, 0.2) is 10.2 Å². The smallest absolute Gasteiger partial charge is 0.288 e. The van der Waals surface area contributed by atoms with Crippen molar-refractivity contribution in [3.05, 3.63) is 0 Å². The van der Waals surface area contributed by atoms with Gasteiger partial charge in [0.15, 0.2) is 0 Å². The minimum Gasteiger partial charge on any atom is -0.363 e. The van der Waals surface area contributed by atoms with Crippen LogP contribution in [0.4, 0.5) is 8.78 Å². The zero-order chi connectivity index (χ0) is 7.78. The second kappa shape index (κ2) is 2.23. The molecule has 1 aliphatic rings. The van der Waals surface area contributed by atoms with E-state index >= 15 is 0 Å². The molecule has 0 aromatic carbocycles. The molecule has 0 aromatic rings. The molecule has 58 valence electrons. The lowest BCUT2D eigenvalue weighted by Crippen LogP contribution is -2.33. The Hall–Kier alpha value is -0.580. The first-order chi connectivity index (χ1) is 4.54. The van der Waals surface area contributed by atoms with Gasteiger partial charge in [-0.25, -0.2) is 8.78 Å².